The number of anilines is 1. The van der Waals surface area contributed by atoms with Gasteiger partial charge >= 0.3 is 5.97 Å². The van der Waals surface area contributed by atoms with E-state index in [9.17, 15) is 9.59 Å². The summed E-state index contributed by atoms with van der Waals surface area (Å²) in [7, 11) is 5.65. The molecule has 0 fully saturated rings. The molecule has 7 heteroatoms. The van der Waals surface area contributed by atoms with Gasteiger partial charge in [-0.1, -0.05) is 42.5 Å². The number of hydrogen-bond acceptors (Lipinski definition) is 6. The van der Waals surface area contributed by atoms with Crippen molar-refractivity contribution in [2.75, 3.05) is 39.2 Å². The van der Waals surface area contributed by atoms with Gasteiger partial charge in [-0.15, -0.1) is 11.8 Å². The van der Waals surface area contributed by atoms with Crippen LogP contribution in [0.15, 0.2) is 65.6 Å². The van der Waals surface area contributed by atoms with Crippen LogP contribution in [0.2, 0.25) is 0 Å². The van der Waals surface area contributed by atoms with E-state index in [4.69, 9.17) is 9.47 Å². The Kier molecular flexibility index (Phi) is 7.44. The van der Waals surface area contributed by atoms with Crippen LogP contribution >= 0.6 is 11.8 Å². The molecule has 0 saturated carbocycles. The zero-order valence-corrected chi connectivity index (χ0v) is 20.8. The topological polar surface area (TPSA) is 59.1 Å². The Balaban J connectivity index is 1.86. The molecule has 0 radical (unpaired) electrons. The van der Waals surface area contributed by atoms with Crippen LogP contribution in [0, 0.1) is 0 Å². The second-order valence-corrected chi connectivity index (χ2v) is 9.78. The third-order valence-electron chi connectivity index (χ3n) is 5.90. The summed E-state index contributed by atoms with van der Waals surface area (Å²) in [6, 6.07) is 19.9. The first-order chi connectivity index (χ1) is 16.4. The van der Waals surface area contributed by atoms with E-state index >= 15 is 0 Å². The molecule has 178 valence electrons. The molecule has 3 aromatic rings. The van der Waals surface area contributed by atoms with Crippen molar-refractivity contribution in [3.05, 3.63) is 66.2 Å². The number of amides is 1. The smallest absolute Gasteiger partial charge is 0.303 e. The molecule has 1 heterocycles. The van der Waals surface area contributed by atoms with Crippen molar-refractivity contribution in [1.29, 1.82) is 0 Å². The zero-order valence-electron chi connectivity index (χ0n) is 20.0. The summed E-state index contributed by atoms with van der Waals surface area (Å²) < 4.78 is 11.0. The third-order valence-corrected chi connectivity index (χ3v) is 7.34. The van der Waals surface area contributed by atoms with Gasteiger partial charge in [0.25, 0.3) is 5.91 Å². The fraction of sp³-hybridized carbons (Fsp3) is 0.333. The van der Waals surface area contributed by atoms with E-state index in [1.807, 2.05) is 56.6 Å². The summed E-state index contributed by atoms with van der Waals surface area (Å²) in [5.41, 5.74) is 1.76. The largest absolute Gasteiger partial charge is 0.497 e. The van der Waals surface area contributed by atoms with Crippen molar-refractivity contribution < 1.29 is 19.1 Å². The van der Waals surface area contributed by atoms with E-state index in [1.54, 1.807) is 23.8 Å². The number of methoxy groups -OCH3 is 1. The van der Waals surface area contributed by atoms with Crippen LogP contribution in [0.5, 0.6) is 5.75 Å². The fourth-order valence-electron chi connectivity index (χ4n) is 4.26. The molecule has 0 aromatic heterocycles. The molecular weight excluding hydrogens is 448 g/mol. The highest BCUT2D eigenvalue weighted by Gasteiger charge is 2.41. The van der Waals surface area contributed by atoms with Crippen molar-refractivity contribution >= 4 is 40.1 Å². The van der Waals surface area contributed by atoms with Gasteiger partial charge in [0.05, 0.1) is 18.0 Å². The minimum absolute atomic E-state index is 0.198. The molecule has 0 saturated heterocycles. The predicted octanol–water partition coefficient (Wildman–Crippen LogP) is 4.91. The number of carbonyl (C=O) groups excluding carboxylic acids is 2. The number of benzene rings is 3. The number of ether oxygens (including phenoxy) is 2. The first-order valence-corrected chi connectivity index (χ1v) is 12.2. The Morgan fingerprint density at radius 3 is 2.47 bits per heavy atom. The Bertz CT molecular complexity index is 1180. The summed E-state index contributed by atoms with van der Waals surface area (Å²) in [5.74, 6) is 0.0618. The Labute approximate surface area is 204 Å². The number of fused-ring (bicyclic) bond motifs is 3. The summed E-state index contributed by atoms with van der Waals surface area (Å²) in [6.45, 7) is 2.74. The van der Waals surface area contributed by atoms with Gasteiger partial charge in [0, 0.05) is 18.4 Å². The van der Waals surface area contributed by atoms with E-state index in [2.05, 4.69) is 23.1 Å². The molecule has 2 atom stereocenters. The van der Waals surface area contributed by atoms with Gasteiger partial charge in [0.1, 0.15) is 5.75 Å². The molecule has 0 N–H and O–H groups in total. The standard InChI is InChI=1S/C27H30N2O4S/c1-18(30)33-24-25(20-10-13-21(32-4)14-11-20)34-26-22-9-6-5-8-19(22)12-15-23(26)29(27(24)31)17-7-16-28(2)3/h5-6,8-15,24-25H,7,16-17H2,1-4H3/t24-,25+/m1/s1. The number of hydrogen-bond donors (Lipinski definition) is 0. The normalized spacial score (nSPS) is 18.0. The first-order valence-electron chi connectivity index (χ1n) is 11.3. The van der Waals surface area contributed by atoms with Crippen molar-refractivity contribution in [1.82, 2.24) is 4.90 Å². The van der Waals surface area contributed by atoms with E-state index in [0.717, 1.165) is 45.6 Å². The average Bonchev–Trinajstić information content (AvgIpc) is 2.94. The van der Waals surface area contributed by atoms with Gasteiger partial charge in [-0.2, -0.15) is 0 Å². The average molecular weight is 479 g/mol. The molecule has 4 rings (SSSR count). The zero-order chi connectivity index (χ0) is 24.2. The fourth-order valence-corrected chi connectivity index (χ4v) is 5.72. The molecule has 0 aliphatic carbocycles. The predicted molar refractivity (Wildman–Crippen MR) is 137 cm³/mol. The number of nitrogens with zero attached hydrogens (tertiary/aromatic N) is 2. The second kappa shape index (κ2) is 10.5. The SMILES string of the molecule is COc1ccc([C@@H]2Sc3c(ccc4ccccc34)N(CCCN(C)C)C(=O)[C@@H]2OC(C)=O)cc1. The lowest BCUT2D eigenvalue weighted by atomic mass is 10.0. The summed E-state index contributed by atoms with van der Waals surface area (Å²) in [4.78, 5) is 31.0. The maximum absolute atomic E-state index is 14.0. The molecule has 1 aliphatic rings. The second-order valence-electron chi connectivity index (χ2n) is 8.62. The number of carbonyl (C=O) groups is 2. The van der Waals surface area contributed by atoms with Crippen molar-refractivity contribution in [2.45, 2.75) is 29.6 Å². The van der Waals surface area contributed by atoms with Crippen molar-refractivity contribution in [3.8, 4) is 5.75 Å². The van der Waals surface area contributed by atoms with Crippen molar-refractivity contribution in [2.24, 2.45) is 0 Å². The summed E-state index contributed by atoms with van der Waals surface area (Å²) >= 11 is 1.58. The van der Waals surface area contributed by atoms with Crippen LogP contribution in [0.4, 0.5) is 5.69 Å². The lowest BCUT2D eigenvalue weighted by molar-refractivity contribution is -0.152. The van der Waals surface area contributed by atoms with Crippen LogP contribution in [-0.4, -0.2) is 57.2 Å². The molecule has 1 amide bonds. The van der Waals surface area contributed by atoms with Crippen LogP contribution in [0.3, 0.4) is 0 Å². The lowest BCUT2D eigenvalue weighted by Crippen LogP contribution is -2.43. The highest BCUT2D eigenvalue weighted by molar-refractivity contribution is 8.00. The molecule has 0 unspecified atom stereocenters. The van der Waals surface area contributed by atoms with Gasteiger partial charge in [-0.05, 0) is 61.6 Å². The maximum Gasteiger partial charge on any atom is 0.303 e. The van der Waals surface area contributed by atoms with Gasteiger partial charge in [0.15, 0.2) is 6.10 Å². The molecule has 0 spiro atoms. The monoisotopic (exact) mass is 478 g/mol. The molecular formula is C27H30N2O4S. The van der Waals surface area contributed by atoms with Crippen molar-refractivity contribution in [3.63, 3.8) is 0 Å². The highest BCUT2D eigenvalue weighted by atomic mass is 32.2. The molecule has 0 bridgehead atoms. The van der Waals surface area contributed by atoms with E-state index in [1.165, 1.54) is 6.92 Å². The third kappa shape index (κ3) is 5.05. The number of thioether (sulfide) groups is 1. The Hall–Kier alpha value is -3.03. The van der Waals surface area contributed by atoms with Crippen LogP contribution < -0.4 is 9.64 Å². The van der Waals surface area contributed by atoms with Crippen LogP contribution in [0.25, 0.3) is 10.8 Å². The van der Waals surface area contributed by atoms with E-state index in [0.29, 0.717) is 6.54 Å². The van der Waals surface area contributed by atoms with E-state index in [-0.39, 0.29) is 5.91 Å². The Morgan fingerprint density at radius 1 is 1.06 bits per heavy atom. The Morgan fingerprint density at radius 2 is 1.79 bits per heavy atom. The minimum atomic E-state index is -0.943. The first kappa shape index (κ1) is 24.1. The minimum Gasteiger partial charge on any atom is -0.497 e. The molecule has 3 aromatic carbocycles. The maximum atomic E-state index is 14.0. The van der Waals surface area contributed by atoms with Gasteiger partial charge in [-0.25, -0.2) is 0 Å². The molecule has 1 aliphatic heterocycles. The quantitative estimate of drug-likeness (QED) is 0.450. The number of rotatable bonds is 7. The molecule has 6 nitrogen and oxygen atoms in total. The van der Waals surface area contributed by atoms with Crippen LogP contribution in [0.1, 0.15) is 24.2 Å². The molecule has 34 heavy (non-hydrogen) atoms. The summed E-state index contributed by atoms with van der Waals surface area (Å²) in [6.07, 6.45) is -0.142. The summed E-state index contributed by atoms with van der Waals surface area (Å²) in [5, 5.41) is 1.79. The van der Waals surface area contributed by atoms with Gasteiger partial charge < -0.3 is 19.3 Å². The van der Waals surface area contributed by atoms with Crippen LogP contribution in [-0.2, 0) is 14.3 Å². The van der Waals surface area contributed by atoms with Gasteiger partial charge in [-0.3, -0.25) is 9.59 Å². The lowest BCUT2D eigenvalue weighted by Gasteiger charge is -2.28. The highest BCUT2D eigenvalue weighted by Crippen LogP contribution is 2.49. The van der Waals surface area contributed by atoms with E-state index < -0.39 is 17.3 Å². The van der Waals surface area contributed by atoms with Gasteiger partial charge in [0.2, 0.25) is 0 Å². The number of esters is 1.